The second-order valence-electron chi connectivity index (χ2n) is 4.71. The van der Waals surface area contributed by atoms with Crippen molar-refractivity contribution in [2.75, 3.05) is 31.7 Å². The maximum Gasteiger partial charge on any atom is 0.387 e. The average Bonchev–Trinajstić information content (AvgIpc) is 2.54. The molecule has 0 aliphatic heterocycles. The fourth-order valence-electron chi connectivity index (χ4n) is 1.90. The van der Waals surface area contributed by atoms with Gasteiger partial charge in [-0.1, -0.05) is 6.07 Å². The first-order valence-corrected chi connectivity index (χ1v) is 9.21. The molecule has 144 valence electrons. The highest BCUT2D eigenvalue weighted by molar-refractivity contribution is 14.0. The van der Waals surface area contributed by atoms with E-state index in [1.54, 1.807) is 30.8 Å². The summed E-state index contributed by atoms with van der Waals surface area (Å²) in [4.78, 5) is 4.49. The van der Waals surface area contributed by atoms with Gasteiger partial charge in [-0.3, -0.25) is 0 Å². The van der Waals surface area contributed by atoms with E-state index >= 15 is 0 Å². The first kappa shape index (κ1) is 24.0. The molecule has 0 fully saturated rings. The van der Waals surface area contributed by atoms with Gasteiger partial charge >= 0.3 is 6.61 Å². The third-order valence-electron chi connectivity index (χ3n) is 2.89. The van der Waals surface area contributed by atoms with Crippen molar-refractivity contribution in [2.45, 2.75) is 27.0 Å². The van der Waals surface area contributed by atoms with Crippen LogP contribution in [-0.4, -0.2) is 44.3 Å². The van der Waals surface area contributed by atoms with E-state index < -0.39 is 6.61 Å². The lowest BCUT2D eigenvalue weighted by Gasteiger charge is -2.13. The van der Waals surface area contributed by atoms with Gasteiger partial charge in [-0.05, 0) is 37.8 Å². The van der Waals surface area contributed by atoms with Crippen LogP contribution in [0.3, 0.4) is 0 Å². The number of thioether (sulfide) groups is 1. The summed E-state index contributed by atoms with van der Waals surface area (Å²) in [7, 11) is 0. The molecule has 1 aromatic carbocycles. The molecule has 0 aromatic heterocycles. The largest absolute Gasteiger partial charge is 0.490 e. The number of nitrogens with one attached hydrogen (secondary N) is 2. The van der Waals surface area contributed by atoms with Gasteiger partial charge in [-0.15, -0.1) is 24.0 Å². The quantitative estimate of drug-likeness (QED) is 0.227. The van der Waals surface area contributed by atoms with Gasteiger partial charge < -0.3 is 20.1 Å². The number of ether oxygens (including phenoxy) is 2. The number of hydrogen-bond acceptors (Lipinski definition) is 4. The van der Waals surface area contributed by atoms with Crippen molar-refractivity contribution < 1.29 is 18.3 Å². The van der Waals surface area contributed by atoms with Crippen LogP contribution in [0.5, 0.6) is 11.5 Å². The molecule has 1 rings (SSSR count). The van der Waals surface area contributed by atoms with Gasteiger partial charge in [-0.2, -0.15) is 20.5 Å². The highest BCUT2D eigenvalue weighted by Gasteiger charge is 2.11. The summed E-state index contributed by atoms with van der Waals surface area (Å²) in [5.41, 5.74) is 0.849. The average molecular weight is 489 g/mol. The van der Waals surface area contributed by atoms with E-state index in [-0.39, 0.29) is 29.7 Å². The summed E-state index contributed by atoms with van der Waals surface area (Å²) in [6.07, 6.45) is 2.05. The van der Waals surface area contributed by atoms with Gasteiger partial charge in [0.25, 0.3) is 0 Å². The van der Waals surface area contributed by atoms with Gasteiger partial charge in [0.2, 0.25) is 0 Å². The Labute approximate surface area is 169 Å². The maximum atomic E-state index is 12.4. The van der Waals surface area contributed by atoms with Gasteiger partial charge in [0.1, 0.15) is 0 Å². The molecule has 0 saturated carbocycles. The fourth-order valence-corrected chi connectivity index (χ4v) is 2.20. The summed E-state index contributed by atoms with van der Waals surface area (Å²) in [5.74, 6) is 2.03. The van der Waals surface area contributed by atoms with E-state index in [1.807, 2.05) is 13.2 Å². The lowest BCUT2D eigenvalue weighted by Crippen LogP contribution is -2.38. The molecule has 0 aliphatic carbocycles. The predicted molar refractivity (Wildman–Crippen MR) is 111 cm³/mol. The molecule has 0 unspecified atom stereocenters. The molecule has 2 N–H and O–H groups in total. The summed E-state index contributed by atoms with van der Waals surface area (Å²) < 4.78 is 34.7. The van der Waals surface area contributed by atoms with E-state index in [0.717, 1.165) is 30.4 Å². The molecular weight excluding hydrogens is 463 g/mol. The first-order valence-electron chi connectivity index (χ1n) is 7.82. The number of guanidine groups is 1. The van der Waals surface area contributed by atoms with E-state index in [0.29, 0.717) is 18.9 Å². The van der Waals surface area contributed by atoms with Crippen LogP contribution in [-0.2, 0) is 6.54 Å². The maximum absolute atomic E-state index is 12.4. The van der Waals surface area contributed by atoms with Crippen molar-refractivity contribution >= 4 is 41.7 Å². The molecule has 0 heterocycles. The molecular formula is C16H26F2IN3O2S. The SMILES string of the molecule is CCNC(=NCc1ccc(OC(F)F)c(OCC)c1)NCCSC.I. The monoisotopic (exact) mass is 489 g/mol. The fraction of sp³-hybridized carbons (Fsp3) is 0.562. The van der Waals surface area contributed by atoms with Crippen LogP contribution in [0.4, 0.5) is 8.78 Å². The molecule has 5 nitrogen and oxygen atoms in total. The first-order chi connectivity index (χ1) is 11.6. The Morgan fingerprint density at radius 1 is 1.24 bits per heavy atom. The van der Waals surface area contributed by atoms with Crippen LogP contribution < -0.4 is 20.1 Å². The van der Waals surface area contributed by atoms with Crippen molar-refractivity contribution in [1.29, 1.82) is 0 Å². The second kappa shape index (κ2) is 14.2. The molecule has 0 bridgehead atoms. The molecule has 0 atom stereocenters. The minimum absolute atomic E-state index is 0. The van der Waals surface area contributed by atoms with Gasteiger partial charge in [0.05, 0.1) is 13.2 Å². The van der Waals surface area contributed by atoms with E-state index in [1.165, 1.54) is 6.07 Å². The Balaban J connectivity index is 0.00000576. The summed E-state index contributed by atoms with van der Waals surface area (Å²) >= 11 is 1.75. The Morgan fingerprint density at radius 3 is 2.60 bits per heavy atom. The number of nitrogens with zero attached hydrogens (tertiary/aromatic N) is 1. The zero-order valence-electron chi connectivity index (χ0n) is 14.7. The third kappa shape index (κ3) is 9.93. The highest BCUT2D eigenvalue weighted by Crippen LogP contribution is 2.30. The second-order valence-corrected chi connectivity index (χ2v) is 5.69. The van der Waals surface area contributed by atoms with Crippen molar-refractivity contribution in [3.63, 3.8) is 0 Å². The van der Waals surface area contributed by atoms with Gasteiger partial charge in [0, 0.05) is 18.8 Å². The van der Waals surface area contributed by atoms with Crippen molar-refractivity contribution in [2.24, 2.45) is 4.99 Å². The van der Waals surface area contributed by atoms with Crippen LogP contribution in [0.25, 0.3) is 0 Å². The molecule has 0 spiro atoms. The van der Waals surface area contributed by atoms with Crippen LogP contribution >= 0.6 is 35.7 Å². The Morgan fingerprint density at radius 2 is 2.00 bits per heavy atom. The number of rotatable bonds is 10. The lowest BCUT2D eigenvalue weighted by molar-refractivity contribution is -0.0514. The van der Waals surface area contributed by atoms with E-state index in [9.17, 15) is 8.78 Å². The highest BCUT2D eigenvalue weighted by atomic mass is 127. The molecule has 0 amide bonds. The number of benzene rings is 1. The Bertz CT molecular complexity index is 522. The number of alkyl halides is 2. The predicted octanol–water partition coefficient (Wildman–Crippen LogP) is 3.72. The standard InChI is InChI=1S/C16H25F2N3O2S.HI/c1-4-19-16(20-8-9-24-3)21-11-12-6-7-13(23-15(17)18)14(10-12)22-5-2;/h6-7,10,15H,4-5,8-9,11H2,1-3H3,(H2,19,20,21);1H. The lowest BCUT2D eigenvalue weighted by atomic mass is 10.2. The number of halogens is 3. The topological polar surface area (TPSA) is 54.9 Å². The normalized spacial score (nSPS) is 11.0. The van der Waals surface area contributed by atoms with Crippen molar-refractivity contribution in [3.8, 4) is 11.5 Å². The molecule has 0 saturated heterocycles. The minimum Gasteiger partial charge on any atom is -0.490 e. The van der Waals surface area contributed by atoms with E-state index in [4.69, 9.17) is 4.74 Å². The van der Waals surface area contributed by atoms with Crippen LogP contribution in [0.1, 0.15) is 19.4 Å². The van der Waals surface area contributed by atoms with Gasteiger partial charge in [-0.25, -0.2) is 4.99 Å². The van der Waals surface area contributed by atoms with Crippen molar-refractivity contribution in [3.05, 3.63) is 23.8 Å². The van der Waals surface area contributed by atoms with Crippen LogP contribution in [0.15, 0.2) is 23.2 Å². The smallest absolute Gasteiger partial charge is 0.387 e. The number of hydrogen-bond donors (Lipinski definition) is 2. The van der Waals surface area contributed by atoms with E-state index in [2.05, 4.69) is 20.4 Å². The summed E-state index contributed by atoms with van der Waals surface area (Å²) in [5, 5.41) is 6.40. The van der Waals surface area contributed by atoms with Crippen LogP contribution in [0, 0.1) is 0 Å². The summed E-state index contributed by atoms with van der Waals surface area (Å²) in [6, 6.07) is 4.86. The Kier molecular flexibility index (Phi) is 13.7. The number of aliphatic imine (C=N–C) groups is 1. The molecule has 0 radical (unpaired) electrons. The van der Waals surface area contributed by atoms with Crippen LogP contribution in [0.2, 0.25) is 0 Å². The molecule has 25 heavy (non-hydrogen) atoms. The van der Waals surface area contributed by atoms with Gasteiger partial charge in [0.15, 0.2) is 17.5 Å². The third-order valence-corrected chi connectivity index (χ3v) is 3.50. The molecule has 9 heteroatoms. The Hall–Kier alpha value is -0.970. The molecule has 1 aromatic rings. The summed E-state index contributed by atoms with van der Waals surface area (Å²) in [6.45, 7) is 3.25. The zero-order valence-corrected chi connectivity index (χ0v) is 17.8. The molecule has 0 aliphatic rings. The van der Waals surface area contributed by atoms with Crippen molar-refractivity contribution in [1.82, 2.24) is 10.6 Å². The minimum atomic E-state index is -2.88. The zero-order chi connectivity index (χ0) is 17.8.